The van der Waals surface area contributed by atoms with Crippen LogP contribution in [-0.2, 0) is 26.4 Å². The van der Waals surface area contributed by atoms with E-state index in [4.69, 9.17) is 0 Å². The van der Waals surface area contributed by atoms with E-state index in [2.05, 4.69) is 15.6 Å². The number of sulfone groups is 1. The maximum absolute atomic E-state index is 12.3. The molecule has 0 saturated heterocycles. The van der Waals surface area contributed by atoms with Crippen LogP contribution in [-0.4, -0.2) is 55.0 Å². The van der Waals surface area contributed by atoms with E-state index >= 15 is 0 Å². The summed E-state index contributed by atoms with van der Waals surface area (Å²) in [5.74, 6) is 1.63. The average molecular weight is 556 g/mol. The van der Waals surface area contributed by atoms with Crippen molar-refractivity contribution in [3.8, 4) is 0 Å². The summed E-state index contributed by atoms with van der Waals surface area (Å²) in [6, 6.07) is 9.53. The van der Waals surface area contributed by atoms with E-state index < -0.39 is 20.6 Å². The fourth-order valence-corrected chi connectivity index (χ4v) is 6.31. The van der Waals surface area contributed by atoms with E-state index in [1.54, 1.807) is 7.05 Å². The molecule has 3 atom stereocenters. The van der Waals surface area contributed by atoms with E-state index in [0.29, 0.717) is 24.7 Å². The highest BCUT2D eigenvalue weighted by Gasteiger charge is 2.26. The van der Waals surface area contributed by atoms with Crippen molar-refractivity contribution in [3.63, 3.8) is 0 Å². The van der Waals surface area contributed by atoms with Crippen molar-refractivity contribution in [1.29, 1.82) is 0 Å². The van der Waals surface area contributed by atoms with Crippen LogP contribution in [0.1, 0.15) is 44.6 Å². The van der Waals surface area contributed by atoms with Crippen LogP contribution in [0.2, 0.25) is 0 Å². The minimum Gasteiger partial charge on any atom is -0.356 e. The summed E-state index contributed by atoms with van der Waals surface area (Å²) >= 11 is 0. The van der Waals surface area contributed by atoms with Gasteiger partial charge in [-0.2, -0.15) is 0 Å². The van der Waals surface area contributed by atoms with Crippen LogP contribution in [0.5, 0.6) is 0 Å². The molecule has 0 heterocycles. The molecular formula is C20H34IN3O3S2. The molecule has 1 aliphatic carbocycles. The summed E-state index contributed by atoms with van der Waals surface area (Å²) in [5, 5.41) is 6.88. The Morgan fingerprint density at radius 1 is 1.24 bits per heavy atom. The lowest BCUT2D eigenvalue weighted by molar-refractivity contribution is 0.413. The average Bonchev–Trinajstić information content (AvgIpc) is 2.70. The second kappa shape index (κ2) is 13.6. The predicted octanol–water partition coefficient (Wildman–Crippen LogP) is 2.85. The topological polar surface area (TPSA) is 87.6 Å². The van der Waals surface area contributed by atoms with Crippen LogP contribution in [0, 0.1) is 0 Å². The smallest absolute Gasteiger partial charge is 0.191 e. The van der Waals surface area contributed by atoms with Crippen molar-refractivity contribution in [2.24, 2.45) is 4.99 Å². The predicted molar refractivity (Wildman–Crippen MR) is 133 cm³/mol. The zero-order valence-corrected chi connectivity index (χ0v) is 21.3. The van der Waals surface area contributed by atoms with Crippen molar-refractivity contribution in [2.75, 3.05) is 25.1 Å². The number of hydrogen-bond donors (Lipinski definition) is 2. The molecule has 1 fully saturated rings. The third-order valence-corrected chi connectivity index (χ3v) is 8.43. The first kappa shape index (κ1) is 26.4. The number of nitrogens with one attached hydrogen (secondary N) is 2. The lowest BCUT2D eigenvalue weighted by Crippen LogP contribution is -2.47. The zero-order valence-electron chi connectivity index (χ0n) is 17.3. The quantitative estimate of drug-likeness (QED) is 0.212. The first-order valence-electron chi connectivity index (χ1n) is 10.0. The van der Waals surface area contributed by atoms with E-state index in [9.17, 15) is 12.6 Å². The highest BCUT2D eigenvalue weighted by Crippen LogP contribution is 2.22. The first-order valence-corrected chi connectivity index (χ1v) is 13.2. The zero-order chi connectivity index (χ0) is 20.4. The molecule has 29 heavy (non-hydrogen) atoms. The first-order chi connectivity index (χ1) is 13.4. The van der Waals surface area contributed by atoms with Crippen LogP contribution < -0.4 is 10.6 Å². The Morgan fingerprint density at radius 3 is 2.62 bits per heavy atom. The van der Waals surface area contributed by atoms with Crippen LogP contribution >= 0.6 is 24.0 Å². The second-order valence-electron chi connectivity index (χ2n) is 7.23. The molecule has 0 amide bonds. The molecule has 2 rings (SSSR count). The van der Waals surface area contributed by atoms with Crippen LogP contribution in [0.15, 0.2) is 35.3 Å². The molecular weight excluding hydrogens is 521 g/mol. The van der Waals surface area contributed by atoms with Gasteiger partial charge in [-0.25, -0.2) is 8.42 Å². The van der Waals surface area contributed by atoms with Gasteiger partial charge in [0.05, 0.1) is 11.5 Å². The molecule has 1 aromatic rings. The van der Waals surface area contributed by atoms with E-state index in [0.717, 1.165) is 31.2 Å². The summed E-state index contributed by atoms with van der Waals surface area (Å²) in [6.45, 7) is 2.52. The molecule has 1 saturated carbocycles. The van der Waals surface area contributed by atoms with Crippen LogP contribution in [0.4, 0.5) is 0 Å². The number of rotatable bonds is 9. The number of benzene rings is 1. The van der Waals surface area contributed by atoms with Crippen molar-refractivity contribution < 1.29 is 12.6 Å². The minimum absolute atomic E-state index is 0. The van der Waals surface area contributed by atoms with Crippen molar-refractivity contribution in [2.45, 2.75) is 56.1 Å². The van der Waals surface area contributed by atoms with Gasteiger partial charge in [-0.15, -0.1) is 24.0 Å². The minimum atomic E-state index is -3.12. The van der Waals surface area contributed by atoms with Crippen LogP contribution in [0.3, 0.4) is 0 Å². The molecule has 1 aromatic carbocycles. The van der Waals surface area contributed by atoms with E-state index in [1.807, 2.05) is 37.3 Å². The Morgan fingerprint density at radius 2 is 1.97 bits per heavy atom. The number of halogens is 1. The van der Waals surface area contributed by atoms with Gasteiger partial charge in [0.2, 0.25) is 0 Å². The van der Waals surface area contributed by atoms with Gasteiger partial charge in [0.15, 0.2) is 15.8 Å². The third-order valence-electron chi connectivity index (χ3n) is 5.00. The van der Waals surface area contributed by atoms with Gasteiger partial charge < -0.3 is 10.6 Å². The highest BCUT2D eigenvalue weighted by molar-refractivity contribution is 14.0. The maximum Gasteiger partial charge on any atom is 0.191 e. The molecule has 6 nitrogen and oxygen atoms in total. The Labute approximate surface area is 195 Å². The van der Waals surface area contributed by atoms with E-state index in [1.165, 1.54) is 0 Å². The highest BCUT2D eigenvalue weighted by atomic mass is 127. The lowest BCUT2D eigenvalue weighted by Gasteiger charge is -2.30. The number of aliphatic imine (C=N–C) groups is 1. The SMILES string of the molecule is CCS(=O)C1CCCC(NC(=NC)NCCCS(=O)(=O)Cc2ccccc2)C1.I. The van der Waals surface area contributed by atoms with Gasteiger partial charge in [-0.1, -0.05) is 43.7 Å². The Hall–Kier alpha value is -0.680. The summed E-state index contributed by atoms with van der Waals surface area (Å²) in [6.07, 6.45) is 4.58. The molecule has 9 heteroatoms. The number of guanidine groups is 1. The van der Waals surface area contributed by atoms with Crippen LogP contribution in [0.25, 0.3) is 0 Å². The van der Waals surface area contributed by atoms with Crippen molar-refractivity contribution >= 4 is 50.6 Å². The van der Waals surface area contributed by atoms with E-state index in [-0.39, 0.29) is 46.8 Å². The summed E-state index contributed by atoms with van der Waals surface area (Å²) < 4.78 is 36.6. The fourth-order valence-electron chi connectivity index (χ4n) is 3.54. The summed E-state index contributed by atoms with van der Waals surface area (Å²) in [5.41, 5.74) is 0.823. The second-order valence-corrected chi connectivity index (χ2v) is 11.4. The standard InChI is InChI=1S/C20H33N3O3S2.HI/c1-3-27(24)19-12-7-11-18(15-19)23-20(21-2)22-13-8-14-28(25,26)16-17-9-5-4-6-10-17;/h4-6,9-10,18-19H,3,7-8,11-16H2,1-2H3,(H2,21,22,23);1H. The molecule has 1 aliphatic rings. The van der Waals surface area contributed by atoms with Gasteiger partial charge in [0.1, 0.15) is 0 Å². The molecule has 0 bridgehead atoms. The van der Waals surface area contributed by atoms with Gasteiger partial charge in [0, 0.05) is 41.4 Å². The molecule has 0 radical (unpaired) electrons. The monoisotopic (exact) mass is 555 g/mol. The van der Waals surface area contributed by atoms with Crippen molar-refractivity contribution in [3.05, 3.63) is 35.9 Å². The molecule has 166 valence electrons. The Balaban J connectivity index is 0.00000420. The van der Waals surface area contributed by atoms with Gasteiger partial charge in [0.25, 0.3) is 0 Å². The fraction of sp³-hybridized carbons (Fsp3) is 0.650. The summed E-state index contributed by atoms with van der Waals surface area (Å²) in [4.78, 5) is 4.24. The molecule has 3 unspecified atom stereocenters. The lowest BCUT2D eigenvalue weighted by atomic mass is 9.95. The Bertz CT molecular complexity index is 757. The van der Waals surface area contributed by atoms with Crippen molar-refractivity contribution in [1.82, 2.24) is 10.6 Å². The Kier molecular flexibility index (Phi) is 12.3. The van der Waals surface area contributed by atoms with Gasteiger partial charge in [-0.3, -0.25) is 9.20 Å². The normalized spacial score (nSPS) is 21.1. The molecule has 0 aromatic heterocycles. The molecule has 2 N–H and O–H groups in total. The number of hydrogen-bond acceptors (Lipinski definition) is 4. The van der Waals surface area contributed by atoms with Gasteiger partial charge in [-0.05, 0) is 31.2 Å². The summed E-state index contributed by atoms with van der Waals surface area (Å²) in [7, 11) is -2.16. The number of nitrogens with zero attached hydrogens (tertiary/aromatic N) is 1. The largest absolute Gasteiger partial charge is 0.356 e. The maximum atomic E-state index is 12.3. The third kappa shape index (κ3) is 9.78. The molecule has 0 aliphatic heterocycles. The molecule has 0 spiro atoms. The van der Waals surface area contributed by atoms with Gasteiger partial charge >= 0.3 is 0 Å².